The lowest BCUT2D eigenvalue weighted by Crippen LogP contribution is -2.04. The molecule has 0 radical (unpaired) electrons. The summed E-state index contributed by atoms with van der Waals surface area (Å²) < 4.78 is 0.749. The second-order valence-electron chi connectivity index (χ2n) is 4.78. The van der Waals surface area contributed by atoms with E-state index >= 15 is 0 Å². The van der Waals surface area contributed by atoms with E-state index in [2.05, 4.69) is 49.7 Å². The molecule has 0 aliphatic carbocycles. The van der Waals surface area contributed by atoms with Crippen molar-refractivity contribution in [2.24, 2.45) is 5.92 Å². The first-order chi connectivity index (χ1) is 8.97. The summed E-state index contributed by atoms with van der Waals surface area (Å²) in [5, 5.41) is 0.393. The number of rotatable bonds is 3. The Kier molecular flexibility index (Phi) is 4.47. The molecule has 4 nitrogen and oxygen atoms in total. The van der Waals surface area contributed by atoms with Crippen LogP contribution in [0.3, 0.4) is 0 Å². The molecule has 2 aromatic rings. The van der Waals surface area contributed by atoms with Crippen LogP contribution in [0.25, 0.3) is 11.6 Å². The number of aromatic nitrogens is 4. The van der Waals surface area contributed by atoms with E-state index < -0.39 is 0 Å². The molecule has 0 unspecified atom stereocenters. The predicted molar refractivity (Wildman–Crippen MR) is 79.0 cm³/mol. The van der Waals surface area contributed by atoms with Crippen molar-refractivity contribution in [3.8, 4) is 11.6 Å². The van der Waals surface area contributed by atoms with Gasteiger partial charge in [-0.25, -0.2) is 19.9 Å². The maximum atomic E-state index is 6.13. The average molecular weight is 342 g/mol. The van der Waals surface area contributed by atoms with Gasteiger partial charge in [-0.3, -0.25) is 0 Å². The highest BCUT2D eigenvalue weighted by molar-refractivity contribution is 9.10. The lowest BCUT2D eigenvalue weighted by atomic mass is 10.1. The Morgan fingerprint density at radius 1 is 1.16 bits per heavy atom. The number of hydrogen-bond donors (Lipinski definition) is 0. The van der Waals surface area contributed by atoms with Gasteiger partial charge in [0.2, 0.25) is 0 Å². The quantitative estimate of drug-likeness (QED) is 0.796. The highest BCUT2D eigenvalue weighted by Gasteiger charge is 2.14. The van der Waals surface area contributed by atoms with E-state index in [1.165, 1.54) is 0 Å². The Labute approximate surface area is 125 Å². The molecular weight excluding hydrogens is 328 g/mol. The van der Waals surface area contributed by atoms with Gasteiger partial charge in [-0.1, -0.05) is 25.4 Å². The van der Waals surface area contributed by atoms with Crippen molar-refractivity contribution in [1.29, 1.82) is 0 Å². The third-order valence-electron chi connectivity index (χ3n) is 2.46. The van der Waals surface area contributed by atoms with Crippen molar-refractivity contribution in [3.63, 3.8) is 0 Å². The molecule has 0 atom stereocenters. The van der Waals surface area contributed by atoms with Gasteiger partial charge in [-0.15, -0.1) is 0 Å². The fourth-order valence-corrected chi connectivity index (χ4v) is 2.12. The van der Waals surface area contributed by atoms with Crippen molar-refractivity contribution >= 4 is 27.5 Å². The molecule has 2 aromatic heterocycles. The third kappa shape index (κ3) is 3.48. The van der Waals surface area contributed by atoms with Gasteiger partial charge in [-0.05, 0) is 40.8 Å². The smallest absolute Gasteiger partial charge is 0.199 e. The molecule has 0 aromatic carbocycles. The van der Waals surface area contributed by atoms with Crippen LogP contribution in [-0.2, 0) is 6.42 Å². The molecule has 19 heavy (non-hydrogen) atoms. The second-order valence-corrected chi connectivity index (χ2v) is 5.93. The molecule has 0 bridgehead atoms. The van der Waals surface area contributed by atoms with Gasteiger partial charge in [-0.2, -0.15) is 0 Å². The van der Waals surface area contributed by atoms with Crippen molar-refractivity contribution in [2.45, 2.75) is 27.2 Å². The summed E-state index contributed by atoms with van der Waals surface area (Å²) in [5.41, 5.74) is 1.88. The minimum absolute atomic E-state index is 0.393. The fourth-order valence-electron chi connectivity index (χ4n) is 1.59. The minimum Gasteiger partial charge on any atom is -0.234 e. The summed E-state index contributed by atoms with van der Waals surface area (Å²) >= 11 is 9.56. The van der Waals surface area contributed by atoms with Gasteiger partial charge in [0.1, 0.15) is 5.15 Å². The molecule has 0 amide bonds. The van der Waals surface area contributed by atoms with Crippen LogP contribution in [0.1, 0.15) is 25.1 Å². The first-order valence-corrected chi connectivity index (χ1v) is 7.15. The largest absolute Gasteiger partial charge is 0.234 e. The predicted octanol–water partition coefficient (Wildman–Crippen LogP) is 3.86. The molecule has 0 fully saturated rings. The Bertz CT molecular complexity index is 584. The van der Waals surface area contributed by atoms with Crippen LogP contribution in [0.5, 0.6) is 0 Å². The van der Waals surface area contributed by atoms with Crippen LogP contribution in [0.2, 0.25) is 5.15 Å². The van der Waals surface area contributed by atoms with Gasteiger partial charge < -0.3 is 0 Å². The van der Waals surface area contributed by atoms with Crippen LogP contribution in [0.15, 0.2) is 16.9 Å². The summed E-state index contributed by atoms with van der Waals surface area (Å²) in [6, 6.07) is 0. The Morgan fingerprint density at radius 3 is 2.37 bits per heavy atom. The summed E-state index contributed by atoms with van der Waals surface area (Å²) in [5.74, 6) is 1.43. The molecule has 0 aliphatic heterocycles. The first kappa shape index (κ1) is 14.3. The molecule has 0 saturated heterocycles. The van der Waals surface area contributed by atoms with Gasteiger partial charge in [0.25, 0.3) is 0 Å². The van der Waals surface area contributed by atoms with E-state index in [4.69, 9.17) is 11.6 Å². The number of hydrogen-bond acceptors (Lipinski definition) is 4. The van der Waals surface area contributed by atoms with E-state index in [0.717, 1.165) is 22.2 Å². The number of aryl methyl sites for hydroxylation is 1. The van der Waals surface area contributed by atoms with Crippen LogP contribution in [0, 0.1) is 12.8 Å². The second kappa shape index (κ2) is 5.92. The Morgan fingerprint density at radius 2 is 1.79 bits per heavy atom. The van der Waals surface area contributed by atoms with E-state index in [0.29, 0.717) is 22.7 Å². The lowest BCUT2D eigenvalue weighted by molar-refractivity contribution is 0.632. The van der Waals surface area contributed by atoms with E-state index in [-0.39, 0.29) is 0 Å². The molecule has 100 valence electrons. The van der Waals surface area contributed by atoms with Crippen LogP contribution >= 0.6 is 27.5 Å². The number of nitrogens with zero attached hydrogens (tertiary/aromatic N) is 4. The molecule has 2 heterocycles. The van der Waals surface area contributed by atoms with Crippen molar-refractivity contribution in [3.05, 3.63) is 33.3 Å². The zero-order valence-electron chi connectivity index (χ0n) is 11.0. The molecular formula is C13H14BrClN4. The SMILES string of the molecule is Cc1cnc(-c2nc(Cl)c(Br)c(CC(C)C)n2)nc1. The summed E-state index contributed by atoms with van der Waals surface area (Å²) in [4.78, 5) is 17.2. The fraction of sp³-hybridized carbons (Fsp3) is 0.385. The maximum absolute atomic E-state index is 6.13. The Balaban J connectivity index is 2.46. The monoisotopic (exact) mass is 340 g/mol. The van der Waals surface area contributed by atoms with Crippen LogP contribution < -0.4 is 0 Å². The van der Waals surface area contributed by atoms with Gasteiger partial charge in [0.15, 0.2) is 11.6 Å². The first-order valence-electron chi connectivity index (χ1n) is 5.98. The van der Waals surface area contributed by atoms with Gasteiger partial charge >= 0.3 is 0 Å². The number of halogens is 2. The van der Waals surface area contributed by atoms with Crippen molar-refractivity contribution in [1.82, 2.24) is 19.9 Å². The molecule has 2 rings (SSSR count). The Hall–Kier alpha value is -1.07. The summed E-state index contributed by atoms with van der Waals surface area (Å²) in [7, 11) is 0. The summed E-state index contributed by atoms with van der Waals surface area (Å²) in [6.07, 6.45) is 4.30. The van der Waals surface area contributed by atoms with E-state index in [1.807, 2.05) is 6.92 Å². The van der Waals surface area contributed by atoms with Crippen LogP contribution in [-0.4, -0.2) is 19.9 Å². The highest BCUT2D eigenvalue weighted by Crippen LogP contribution is 2.27. The zero-order chi connectivity index (χ0) is 14.0. The molecule has 0 spiro atoms. The zero-order valence-corrected chi connectivity index (χ0v) is 13.3. The minimum atomic E-state index is 0.393. The summed E-state index contributed by atoms with van der Waals surface area (Å²) in [6.45, 7) is 6.19. The third-order valence-corrected chi connectivity index (χ3v) is 3.80. The maximum Gasteiger partial charge on any atom is 0.199 e. The van der Waals surface area contributed by atoms with Crippen molar-refractivity contribution in [2.75, 3.05) is 0 Å². The molecule has 0 saturated carbocycles. The van der Waals surface area contributed by atoms with E-state index in [9.17, 15) is 0 Å². The molecule has 0 aliphatic rings. The molecule has 0 N–H and O–H groups in total. The average Bonchev–Trinajstić information content (AvgIpc) is 2.35. The van der Waals surface area contributed by atoms with Crippen molar-refractivity contribution < 1.29 is 0 Å². The highest BCUT2D eigenvalue weighted by atomic mass is 79.9. The van der Waals surface area contributed by atoms with Crippen LogP contribution in [0.4, 0.5) is 0 Å². The standard InChI is InChI=1S/C13H14BrClN4/c1-7(2)4-9-10(14)11(15)19-13(18-9)12-16-5-8(3)6-17-12/h5-7H,4H2,1-3H3. The molecule has 6 heteroatoms. The van der Waals surface area contributed by atoms with E-state index in [1.54, 1.807) is 12.4 Å². The lowest BCUT2D eigenvalue weighted by Gasteiger charge is -2.09. The normalized spacial score (nSPS) is 11.1. The van der Waals surface area contributed by atoms with Gasteiger partial charge in [0, 0.05) is 12.4 Å². The topological polar surface area (TPSA) is 51.6 Å². The van der Waals surface area contributed by atoms with Gasteiger partial charge in [0.05, 0.1) is 10.2 Å².